The van der Waals surface area contributed by atoms with E-state index < -0.39 is 0 Å². The van der Waals surface area contributed by atoms with Crippen LogP contribution >= 0.6 is 0 Å². The van der Waals surface area contributed by atoms with E-state index in [-0.39, 0.29) is 12.5 Å². The SMILES string of the molecule is COc1ccccc1NCC(=O)N/N=C(/C)c1ccc(N2CCCCCC2)cc1. The number of carbonyl (C=O) groups excluding carboxylic acids is 1. The van der Waals surface area contributed by atoms with Gasteiger partial charge in [0.15, 0.2) is 0 Å². The van der Waals surface area contributed by atoms with Crippen LogP contribution in [0.15, 0.2) is 53.6 Å². The Morgan fingerprint density at radius 2 is 1.72 bits per heavy atom. The van der Waals surface area contributed by atoms with Crippen LogP contribution in [0, 0.1) is 0 Å². The zero-order chi connectivity index (χ0) is 20.5. The van der Waals surface area contributed by atoms with E-state index in [4.69, 9.17) is 4.74 Å². The molecule has 0 bridgehead atoms. The Morgan fingerprint density at radius 3 is 2.41 bits per heavy atom. The summed E-state index contributed by atoms with van der Waals surface area (Å²) < 4.78 is 5.27. The van der Waals surface area contributed by atoms with E-state index in [9.17, 15) is 4.79 Å². The molecule has 2 aromatic carbocycles. The molecule has 3 rings (SSSR count). The van der Waals surface area contributed by atoms with Gasteiger partial charge in [-0.25, -0.2) is 5.43 Å². The molecule has 0 spiro atoms. The molecule has 1 saturated heterocycles. The predicted octanol–water partition coefficient (Wildman–Crippen LogP) is 4.03. The summed E-state index contributed by atoms with van der Waals surface area (Å²) in [5, 5.41) is 7.30. The van der Waals surface area contributed by atoms with Crippen LogP contribution in [-0.2, 0) is 4.79 Å². The van der Waals surface area contributed by atoms with Crippen molar-refractivity contribution in [2.24, 2.45) is 5.10 Å². The van der Waals surface area contributed by atoms with Crippen molar-refractivity contribution in [2.75, 3.05) is 37.0 Å². The molecule has 0 atom stereocenters. The van der Waals surface area contributed by atoms with Gasteiger partial charge in [0.1, 0.15) is 5.75 Å². The summed E-state index contributed by atoms with van der Waals surface area (Å²) >= 11 is 0. The molecule has 0 aromatic heterocycles. The normalized spacial score (nSPS) is 14.8. The zero-order valence-corrected chi connectivity index (χ0v) is 17.3. The van der Waals surface area contributed by atoms with Crippen LogP contribution in [0.5, 0.6) is 5.75 Å². The standard InChI is InChI=1S/C23H30N4O2/c1-18(19-11-13-20(14-12-19)27-15-7-3-4-8-16-27)25-26-23(28)17-24-21-9-5-6-10-22(21)29-2/h5-6,9-14,24H,3-4,7-8,15-17H2,1-2H3,(H,26,28)/b25-18-. The van der Waals surface area contributed by atoms with Gasteiger partial charge < -0.3 is 15.0 Å². The first kappa shape index (κ1) is 20.7. The lowest BCUT2D eigenvalue weighted by Crippen LogP contribution is -2.27. The molecule has 6 heteroatoms. The smallest absolute Gasteiger partial charge is 0.259 e. The average molecular weight is 395 g/mol. The molecule has 0 aliphatic carbocycles. The molecular formula is C23H30N4O2. The van der Waals surface area contributed by atoms with E-state index >= 15 is 0 Å². The number of ether oxygens (including phenoxy) is 1. The van der Waals surface area contributed by atoms with Crippen LogP contribution in [0.2, 0.25) is 0 Å². The van der Waals surface area contributed by atoms with Gasteiger partial charge in [0.2, 0.25) is 0 Å². The first-order valence-electron chi connectivity index (χ1n) is 10.2. The molecule has 1 aliphatic rings. The van der Waals surface area contributed by atoms with E-state index in [0.29, 0.717) is 5.75 Å². The molecule has 0 radical (unpaired) electrons. The van der Waals surface area contributed by atoms with E-state index in [0.717, 1.165) is 30.1 Å². The van der Waals surface area contributed by atoms with Crippen LogP contribution in [0.3, 0.4) is 0 Å². The molecule has 0 unspecified atom stereocenters. The van der Waals surface area contributed by atoms with E-state index in [1.807, 2.05) is 31.2 Å². The van der Waals surface area contributed by atoms with Gasteiger partial charge in [-0.3, -0.25) is 4.79 Å². The predicted molar refractivity (Wildman–Crippen MR) is 119 cm³/mol. The fourth-order valence-corrected chi connectivity index (χ4v) is 3.46. The highest BCUT2D eigenvalue weighted by atomic mass is 16.5. The summed E-state index contributed by atoms with van der Waals surface area (Å²) in [6.45, 7) is 4.27. The zero-order valence-electron chi connectivity index (χ0n) is 17.3. The molecule has 29 heavy (non-hydrogen) atoms. The van der Waals surface area contributed by atoms with Gasteiger partial charge in [0.05, 0.1) is 25.1 Å². The Bertz CT molecular complexity index is 825. The second-order valence-electron chi connectivity index (χ2n) is 7.23. The molecule has 2 aromatic rings. The number of hydrogen-bond acceptors (Lipinski definition) is 5. The van der Waals surface area contributed by atoms with Crippen LogP contribution < -0.4 is 20.4 Å². The topological polar surface area (TPSA) is 66.0 Å². The van der Waals surface area contributed by atoms with Crippen molar-refractivity contribution in [3.63, 3.8) is 0 Å². The van der Waals surface area contributed by atoms with Crippen LogP contribution in [0.4, 0.5) is 11.4 Å². The van der Waals surface area contributed by atoms with Gasteiger partial charge in [-0.15, -0.1) is 0 Å². The van der Waals surface area contributed by atoms with Crippen molar-refractivity contribution in [3.8, 4) is 5.75 Å². The summed E-state index contributed by atoms with van der Waals surface area (Å²) in [6.07, 6.45) is 5.17. The second kappa shape index (κ2) is 10.5. The number of para-hydroxylation sites is 2. The number of anilines is 2. The van der Waals surface area contributed by atoms with Crippen molar-refractivity contribution in [3.05, 3.63) is 54.1 Å². The largest absolute Gasteiger partial charge is 0.495 e. The molecular weight excluding hydrogens is 364 g/mol. The number of carbonyl (C=O) groups is 1. The number of hydrogen-bond donors (Lipinski definition) is 2. The lowest BCUT2D eigenvalue weighted by atomic mass is 10.1. The number of hydrazone groups is 1. The minimum atomic E-state index is -0.212. The molecule has 1 heterocycles. The molecule has 1 fully saturated rings. The van der Waals surface area contributed by atoms with Crippen molar-refractivity contribution in [1.82, 2.24) is 5.43 Å². The van der Waals surface area contributed by atoms with Crippen molar-refractivity contribution < 1.29 is 9.53 Å². The van der Waals surface area contributed by atoms with Gasteiger partial charge >= 0.3 is 0 Å². The maximum Gasteiger partial charge on any atom is 0.259 e. The molecule has 1 amide bonds. The third kappa shape index (κ3) is 5.98. The summed E-state index contributed by atoms with van der Waals surface area (Å²) in [7, 11) is 1.60. The minimum Gasteiger partial charge on any atom is -0.495 e. The second-order valence-corrected chi connectivity index (χ2v) is 7.23. The van der Waals surface area contributed by atoms with Crippen molar-refractivity contribution >= 4 is 23.0 Å². The number of benzene rings is 2. The first-order chi connectivity index (χ1) is 14.2. The number of amides is 1. The van der Waals surface area contributed by atoms with Crippen LogP contribution in [-0.4, -0.2) is 38.4 Å². The highest BCUT2D eigenvalue weighted by Gasteiger charge is 2.10. The number of nitrogens with zero attached hydrogens (tertiary/aromatic N) is 2. The fourth-order valence-electron chi connectivity index (χ4n) is 3.46. The number of rotatable bonds is 7. The monoisotopic (exact) mass is 394 g/mol. The molecule has 6 nitrogen and oxygen atoms in total. The lowest BCUT2D eigenvalue weighted by Gasteiger charge is -2.22. The third-order valence-electron chi connectivity index (χ3n) is 5.15. The van der Waals surface area contributed by atoms with E-state index in [2.05, 4.69) is 45.0 Å². The quantitative estimate of drug-likeness (QED) is 0.550. The Morgan fingerprint density at radius 1 is 1.03 bits per heavy atom. The molecule has 1 aliphatic heterocycles. The maximum absolute atomic E-state index is 12.1. The fraction of sp³-hybridized carbons (Fsp3) is 0.391. The van der Waals surface area contributed by atoms with Gasteiger partial charge in [0, 0.05) is 18.8 Å². The summed E-state index contributed by atoms with van der Waals surface area (Å²) in [4.78, 5) is 14.6. The Hall–Kier alpha value is -3.02. The lowest BCUT2D eigenvalue weighted by molar-refractivity contribution is -0.119. The first-order valence-corrected chi connectivity index (χ1v) is 10.2. The van der Waals surface area contributed by atoms with Gasteiger partial charge in [0.25, 0.3) is 5.91 Å². The average Bonchev–Trinajstić information content (AvgIpc) is 3.06. The Balaban J connectivity index is 1.52. The van der Waals surface area contributed by atoms with Gasteiger partial charge in [-0.05, 0) is 49.6 Å². The van der Waals surface area contributed by atoms with Crippen LogP contribution in [0.25, 0.3) is 0 Å². The molecule has 0 saturated carbocycles. The van der Waals surface area contributed by atoms with Gasteiger partial charge in [-0.1, -0.05) is 37.1 Å². The molecule has 154 valence electrons. The van der Waals surface area contributed by atoms with Gasteiger partial charge in [-0.2, -0.15) is 5.10 Å². The highest BCUT2D eigenvalue weighted by Crippen LogP contribution is 2.22. The highest BCUT2D eigenvalue weighted by molar-refractivity contribution is 5.99. The van der Waals surface area contributed by atoms with Crippen LogP contribution in [0.1, 0.15) is 38.2 Å². The number of nitrogens with one attached hydrogen (secondary N) is 2. The van der Waals surface area contributed by atoms with E-state index in [1.165, 1.54) is 31.4 Å². The summed E-state index contributed by atoms with van der Waals surface area (Å²) in [5.74, 6) is 0.487. The summed E-state index contributed by atoms with van der Waals surface area (Å²) in [5.41, 5.74) is 6.42. The summed E-state index contributed by atoms with van der Waals surface area (Å²) in [6, 6.07) is 15.9. The Kier molecular flexibility index (Phi) is 7.50. The Labute approximate surface area is 172 Å². The molecule has 2 N–H and O–H groups in total. The minimum absolute atomic E-state index is 0.116. The van der Waals surface area contributed by atoms with E-state index in [1.54, 1.807) is 7.11 Å². The number of methoxy groups -OCH3 is 1. The van der Waals surface area contributed by atoms with Crippen molar-refractivity contribution in [1.29, 1.82) is 0 Å². The maximum atomic E-state index is 12.1. The third-order valence-corrected chi connectivity index (χ3v) is 5.15. The van der Waals surface area contributed by atoms with Crippen molar-refractivity contribution in [2.45, 2.75) is 32.6 Å².